The van der Waals surface area contributed by atoms with Crippen molar-refractivity contribution in [3.8, 4) is 0 Å². The van der Waals surface area contributed by atoms with Crippen molar-refractivity contribution in [2.75, 3.05) is 7.05 Å². The van der Waals surface area contributed by atoms with Crippen molar-refractivity contribution in [1.82, 2.24) is 4.90 Å². The standard InChI is InChI=1S/C27H31NO2/c1-19-10-20(2)13-25(12-19)17-28(5)16-23-6-8-24(9-7-23)18-30-27(29)26-14-21(3)11-22(4)15-26/h6-15H,16-18H2,1-5H3. The van der Waals surface area contributed by atoms with Crippen LogP contribution >= 0.6 is 0 Å². The number of benzene rings is 3. The summed E-state index contributed by atoms with van der Waals surface area (Å²) in [5.41, 5.74) is 8.92. The van der Waals surface area contributed by atoms with Crippen LogP contribution in [0.15, 0.2) is 60.7 Å². The number of carbonyl (C=O) groups is 1. The van der Waals surface area contributed by atoms with Crippen LogP contribution in [0.3, 0.4) is 0 Å². The first-order valence-electron chi connectivity index (χ1n) is 10.4. The molecular weight excluding hydrogens is 370 g/mol. The zero-order valence-electron chi connectivity index (χ0n) is 18.7. The van der Waals surface area contributed by atoms with E-state index in [1.807, 2.05) is 44.2 Å². The van der Waals surface area contributed by atoms with Crippen LogP contribution in [0.25, 0.3) is 0 Å². The summed E-state index contributed by atoms with van der Waals surface area (Å²) in [7, 11) is 2.14. The van der Waals surface area contributed by atoms with Crippen LogP contribution in [-0.2, 0) is 24.4 Å². The van der Waals surface area contributed by atoms with Gasteiger partial charge in [0.2, 0.25) is 0 Å². The van der Waals surface area contributed by atoms with E-state index in [-0.39, 0.29) is 12.6 Å². The van der Waals surface area contributed by atoms with Crippen LogP contribution < -0.4 is 0 Å². The van der Waals surface area contributed by atoms with Gasteiger partial charge < -0.3 is 4.74 Å². The highest BCUT2D eigenvalue weighted by molar-refractivity contribution is 5.89. The van der Waals surface area contributed by atoms with E-state index in [2.05, 4.69) is 56.1 Å². The highest BCUT2D eigenvalue weighted by atomic mass is 16.5. The molecule has 3 aromatic rings. The second-order valence-corrected chi connectivity index (χ2v) is 8.44. The Morgan fingerprint density at radius 2 is 1.17 bits per heavy atom. The van der Waals surface area contributed by atoms with Gasteiger partial charge in [-0.2, -0.15) is 0 Å². The first kappa shape index (κ1) is 21.8. The molecule has 0 unspecified atom stereocenters. The van der Waals surface area contributed by atoms with E-state index in [1.54, 1.807) is 0 Å². The lowest BCUT2D eigenvalue weighted by molar-refractivity contribution is 0.0472. The van der Waals surface area contributed by atoms with Gasteiger partial charge in [0.1, 0.15) is 6.61 Å². The Morgan fingerprint density at radius 1 is 0.700 bits per heavy atom. The van der Waals surface area contributed by atoms with Crippen LogP contribution in [0.2, 0.25) is 0 Å². The summed E-state index contributed by atoms with van der Waals surface area (Å²) in [6.45, 7) is 10.3. The summed E-state index contributed by atoms with van der Waals surface area (Å²) in [6.07, 6.45) is 0. The molecule has 0 N–H and O–H groups in total. The summed E-state index contributed by atoms with van der Waals surface area (Å²) in [5.74, 6) is -0.279. The molecule has 30 heavy (non-hydrogen) atoms. The van der Waals surface area contributed by atoms with Crippen molar-refractivity contribution in [3.05, 3.63) is 105 Å². The summed E-state index contributed by atoms with van der Waals surface area (Å²) in [4.78, 5) is 14.6. The molecule has 0 atom stereocenters. The fourth-order valence-corrected chi connectivity index (χ4v) is 3.91. The molecule has 0 aliphatic rings. The van der Waals surface area contributed by atoms with Gasteiger partial charge in [0.05, 0.1) is 5.56 Å². The Morgan fingerprint density at radius 3 is 1.73 bits per heavy atom. The largest absolute Gasteiger partial charge is 0.457 e. The number of aryl methyl sites for hydroxylation is 4. The third-order valence-electron chi connectivity index (χ3n) is 5.04. The molecule has 0 saturated carbocycles. The van der Waals surface area contributed by atoms with Gasteiger partial charge in [0.15, 0.2) is 0 Å². The zero-order valence-corrected chi connectivity index (χ0v) is 18.7. The summed E-state index contributed by atoms with van der Waals surface area (Å²) in [5, 5.41) is 0. The molecular formula is C27H31NO2. The molecule has 3 aromatic carbocycles. The van der Waals surface area contributed by atoms with E-state index in [0.717, 1.165) is 29.8 Å². The van der Waals surface area contributed by atoms with Crippen molar-refractivity contribution in [2.45, 2.75) is 47.4 Å². The van der Waals surface area contributed by atoms with Gasteiger partial charge in [0, 0.05) is 13.1 Å². The summed E-state index contributed by atoms with van der Waals surface area (Å²) in [6, 6.07) is 20.8. The number of hydrogen-bond donors (Lipinski definition) is 0. The minimum Gasteiger partial charge on any atom is -0.457 e. The van der Waals surface area contributed by atoms with E-state index in [9.17, 15) is 4.79 Å². The zero-order chi connectivity index (χ0) is 21.7. The lowest BCUT2D eigenvalue weighted by atomic mass is 10.1. The molecule has 0 radical (unpaired) electrons. The molecule has 156 valence electrons. The molecule has 0 heterocycles. The number of carbonyl (C=O) groups excluding carboxylic acids is 1. The van der Waals surface area contributed by atoms with Crippen LogP contribution in [0.1, 0.15) is 49.3 Å². The summed E-state index contributed by atoms with van der Waals surface area (Å²) >= 11 is 0. The number of ether oxygens (including phenoxy) is 1. The van der Waals surface area contributed by atoms with Crippen molar-refractivity contribution in [1.29, 1.82) is 0 Å². The lowest BCUT2D eigenvalue weighted by Gasteiger charge is -2.18. The van der Waals surface area contributed by atoms with Gasteiger partial charge >= 0.3 is 5.97 Å². The van der Waals surface area contributed by atoms with E-state index < -0.39 is 0 Å². The van der Waals surface area contributed by atoms with Gasteiger partial charge in [-0.15, -0.1) is 0 Å². The second-order valence-electron chi connectivity index (χ2n) is 8.44. The van der Waals surface area contributed by atoms with Crippen LogP contribution in [0.4, 0.5) is 0 Å². The van der Waals surface area contributed by atoms with E-state index in [0.29, 0.717) is 5.56 Å². The Balaban J connectivity index is 1.53. The third kappa shape index (κ3) is 6.30. The molecule has 0 aliphatic carbocycles. The molecule has 0 aromatic heterocycles. The van der Waals surface area contributed by atoms with Crippen LogP contribution in [0.5, 0.6) is 0 Å². The smallest absolute Gasteiger partial charge is 0.338 e. The predicted octanol–water partition coefficient (Wildman–Crippen LogP) is 5.91. The molecule has 0 saturated heterocycles. The maximum atomic E-state index is 12.3. The third-order valence-corrected chi connectivity index (χ3v) is 5.04. The molecule has 0 bridgehead atoms. The van der Waals surface area contributed by atoms with Crippen molar-refractivity contribution >= 4 is 5.97 Å². The van der Waals surface area contributed by atoms with Crippen LogP contribution in [-0.4, -0.2) is 17.9 Å². The fraction of sp³-hybridized carbons (Fsp3) is 0.296. The number of nitrogens with zero attached hydrogens (tertiary/aromatic N) is 1. The molecule has 3 nitrogen and oxygen atoms in total. The maximum absolute atomic E-state index is 12.3. The molecule has 3 rings (SSSR count). The molecule has 3 heteroatoms. The normalized spacial score (nSPS) is 11.0. The SMILES string of the molecule is Cc1cc(C)cc(CN(C)Cc2ccc(COC(=O)c3cc(C)cc(C)c3)cc2)c1. The quantitative estimate of drug-likeness (QED) is 0.461. The molecule has 0 spiro atoms. The summed E-state index contributed by atoms with van der Waals surface area (Å²) < 4.78 is 5.50. The highest BCUT2D eigenvalue weighted by Gasteiger charge is 2.09. The van der Waals surface area contributed by atoms with Crippen molar-refractivity contribution in [2.24, 2.45) is 0 Å². The second kappa shape index (κ2) is 9.73. The van der Waals surface area contributed by atoms with E-state index in [1.165, 1.54) is 22.3 Å². The monoisotopic (exact) mass is 401 g/mol. The molecule has 0 amide bonds. The highest BCUT2D eigenvalue weighted by Crippen LogP contribution is 2.15. The van der Waals surface area contributed by atoms with Gasteiger partial charge in [-0.05, 0) is 63.6 Å². The van der Waals surface area contributed by atoms with Gasteiger partial charge in [-0.3, -0.25) is 4.90 Å². The van der Waals surface area contributed by atoms with Crippen molar-refractivity contribution in [3.63, 3.8) is 0 Å². The number of esters is 1. The Hall–Kier alpha value is -2.91. The fourth-order valence-electron chi connectivity index (χ4n) is 3.91. The topological polar surface area (TPSA) is 29.5 Å². The Kier molecular flexibility index (Phi) is 7.07. The average molecular weight is 402 g/mol. The maximum Gasteiger partial charge on any atom is 0.338 e. The number of rotatable bonds is 7. The van der Waals surface area contributed by atoms with Gasteiger partial charge in [-0.1, -0.05) is 70.8 Å². The van der Waals surface area contributed by atoms with Crippen LogP contribution in [0, 0.1) is 27.7 Å². The van der Waals surface area contributed by atoms with Crippen molar-refractivity contribution < 1.29 is 9.53 Å². The minimum atomic E-state index is -0.279. The predicted molar refractivity (Wildman–Crippen MR) is 123 cm³/mol. The number of hydrogen-bond acceptors (Lipinski definition) is 3. The minimum absolute atomic E-state index is 0.279. The van der Waals surface area contributed by atoms with E-state index in [4.69, 9.17) is 4.74 Å². The van der Waals surface area contributed by atoms with E-state index >= 15 is 0 Å². The van der Waals surface area contributed by atoms with Gasteiger partial charge in [-0.25, -0.2) is 4.79 Å². The molecule has 0 fully saturated rings. The average Bonchev–Trinajstić information content (AvgIpc) is 2.65. The molecule has 0 aliphatic heterocycles. The van der Waals surface area contributed by atoms with Gasteiger partial charge in [0.25, 0.3) is 0 Å². The first-order valence-corrected chi connectivity index (χ1v) is 10.4. The Labute approximate surface area is 180 Å². The Bertz CT molecular complexity index is 981. The lowest BCUT2D eigenvalue weighted by Crippen LogP contribution is -2.17. The first-order chi connectivity index (χ1) is 14.3.